The van der Waals surface area contributed by atoms with Crippen LogP contribution in [0.2, 0.25) is 0 Å². The monoisotopic (exact) mass is 383 g/mol. The van der Waals surface area contributed by atoms with Crippen LogP contribution in [0.15, 0.2) is 41.5 Å². The highest BCUT2D eigenvalue weighted by Crippen LogP contribution is 2.29. The van der Waals surface area contributed by atoms with Gasteiger partial charge in [-0.2, -0.15) is 13.2 Å². The van der Waals surface area contributed by atoms with Crippen molar-refractivity contribution in [3.05, 3.63) is 62.7 Å². The fourth-order valence-corrected chi connectivity index (χ4v) is 2.81. The normalized spacial score (nSPS) is 15.7. The number of alkyl halides is 3. The zero-order valence-corrected chi connectivity index (χ0v) is 14.1. The Morgan fingerprint density at radius 2 is 1.81 bits per heavy atom. The highest BCUT2D eigenvalue weighted by Gasteiger charge is 2.31. The average molecular weight is 383 g/mol. The van der Waals surface area contributed by atoms with E-state index in [1.807, 2.05) is 9.80 Å². The minimum Gasteiger partial charge on any atom is -0.354 e. The Balaban J connectivity index is 1.62. The summed E-state index contributed by atoms with van der Waals surface area (Å²) in [5, 5.41) is 10.8. The molecule has 0 N–H and O–H groups in total. The number of nitrogens with zero attached hydrogens (tertiary/aromatic N) is 5. The minimum absolute atomic E-state index is 0.165. The molecular formula is C16H16F3N5O3. The first-order valence-corrected chi connectivity index (χ1v) is 8.09. The van der Waals surface area contributed by atoms with E-state index in [1.165, 1.54) is 16.8 Å². The maximum Gasteiger partial charge on any atom is 0.417 e. The molecule has 0 unspecified atom stereocenters. The summed E-state index contributed by atoms with van der Waals surface area (Å²) in [7, 11) is 0. The van der Waals surface area contributed by atoms with Crippen molar-refractivity contribution >= 4 is 11.5 Å². The molecule has 0 atom stereocenters. The summed E-state index contributed by atoms with van der Waals surface area (Å²) in [5.41, 5.74) is -1.30. The molecule has 8 nitrogen and oxygen atoms in total. The Bertz CT molecular complexity index is 874. The molecule has 0 amide bonds. The Morgan fingerprint density at radius 3 is 2.37 bits per heavy atom. The largest absolute Gasteiger partial charge is 0.417 e. The second-order valence-electron chi connectivity index (χ2n) is 6.10. The van der Waals surface area contributed by atoms with Crippen molar-refractivity contribution in [1.82, 2.24) is 14.5 Å². The van der Waals surface area contributed by atoms with Crippen LogP contribution < -0.4 is 10.5 Å². The van der Waals surface area contributed by atoms with E-state index < -0.39 is 16.7 Å². The van der Waals surface area contributed by atoms with E-state index in [0.717, 1.165) is 24.4 Å². The molecule has 0 radical (unpaired) electrons. The van der Waals surface area contributed by atoms with Crippen molar-refractivity contribution in [1.29, 1.82) is 0 Å². The van der Waals surface area contributed by atoms with Crippen molar-refractivity contribution in [3.8, 4) is 0 Å². The number of aromatic nitrogens is 2. The van der Waals surface area contributed by atoms with Crippen molar-refractivity contribution in [2.75, 3.05) is 31.1 Å². The van der Waals surface area contributed by atoms with Crippen LogP contribution in [0.25, 0.3) is 0 Å². The predicted molar refractivity (Wildman–Crippen MR) is 90.4 cm³/mol. The average Bonchev–Trinajstić information content (AvgIpc) is 2.63. The second-order valence-corrected chi connectivity index (χ2v) is 6.10. The third-order valence-corrected chi connectivity index (χ3v) is 4.30. The van der Waals surface area contributed by atoms with E-state index >= 15 is 0 Å². The van der Waals surface area contributed by atoms with Gasteiger partial charge >= 0.3 is 6.18 Å². The number of anilines is 1. The van der Waals surface area contributed by atoms with E-state index in [4.69, 9.17) is 0 Å². The maximum atomic E-state index is 12.6. The molecule has 144 valence electrons. The molecule has 3 heterocycles. The molecule has 11 heteroatoms. The zero-order valence-electron chi connectivity index (χ0n) is 14.1. The predicted octanol–water partition coefficient (Wildman–Crippen LogP) is 1.95. The van der Waals surface area contributed by atoms with Crippen LogP contribution in [-0.4, -0.2) is 45.6 Å². The van der Waals surface area contributed by atoms with Gasteiger partial charge in [0.05, 0.1) is 23.4 Å². The molecule has 2 aromatic rings. The van der Waals surface area contributed by atoms with Crippen LogP contribution in [0.3, 0.4) is 0 Å². The van der Waals surface area contributed by atoms with Gasteiger partial charge in [-0.15, -0.1) is 0 Å². The molecule has 2 aromatic heterocycles. The van der Waals surface area contributed by atoms with Gasteiger partial charge in [-0.25, -0.2) is 4.98 Å². The molecule has 1 aliphatic rings. The highest BCUT2D eigenvalue weighted by molar-refractivity contribution is 5.40. The first kappa shape index (κ1) is 18.8. The summed E-state index contributed by atoms with van der Waals surface area (Å²) >= 11 is 0. The van der Waals surface area contributed by atoms with Crippen molar-refractivity contribution in [3.63, 3.8) is 0 Å². The van der Waals surface area contributed by atoms with Crippen LogP contribution in [-0.2, 0) is 12.8 Å². The summed E-state index contributed by atoms with van der Waals surface area (Å²) in [6.45, 7) is 2.31. The van der Waals surface area contributed by atoms with E-state index in [1.54, 1.807) is 0 Å². The summed E-state index contributed by atoms with van der Waals surface area (Å²) in [6, 6.07) is 4.65. The molecule has 0 saturated carbocycles. The van der Waals surface area contributed by atoms with E-state index in [9.17, 15) is 28.1 Å². The van der Waals surface area contributed by atoms with Gasteiger partial charge in [0.2, 0.25) is 0 Å². The highest BCUT2D eigenvalue weighted by atomic mass is 19.4. The molecule has 3 rings (SSSR count). The van der Waals surface area contributed by atoms with Crippen LogP contribution in [0.5, 0.6) is 0 Å². The number of hydrogen-bond donors (Lipinski definition) is 0. The quantitative estimate of drug-likeness (QED) is 0.593. The van der Waals surface area contributed by atoms with Crippen molar-refractivity contribution in [2.45, 2.75) is 12.8 Å². The summed E-state index contributed by atoms with van der Waals surface area (Å²) in [5.74, 6) is 0.454. The summed E-state index contributed by atoms with van der Waals surface area (Å²) in [4.78, 5) is 29.8. The third kappa shape index (κ3) is 4.42. The smallest absolute Gasteiger partial charge is 0.354 e. The summed E-state index contributed by atoms with van der Waals surface area (Å²) < 4.78 is 39.1. The summed E-state index contributed by atoms with van der Waals surface area (Å²) in [6.07, 6.45) is -2.41. The van der Waals surface area contributed by atoms with Crippen LogP contribution in [0, 0.1) is 10.1 Å². The van der Waals surface area contributed by atoms with Crippen molar-refractivity contribution < 1.29 is 18.1 Å². The molecule has 0 spiro atoms. The Labute approximate surface area is 151 Å². The van der Waals surface area contributed by atoms with Gasteiger partial charge in [-0.05, 0) is 12.1 Å². The zero-order chi connectivity index (χ0) is 19.6. The fraction of sp³-hybridized carbons (Fsp3) is 0.375. The number of nitro groups is 1. The van der Waals surface area contributed by atoms with Crippen molar-refractivity contribution in [2.24, 2.45) is 0 Å². The molecule has 1 saturated heterocycles. The van der Waals surface area contributed by atoms with E-state index in [-0.39, 0.29) is 17.9 Å². The van der Waals surface area contributed by atoms with Gasteiger partial charge < -0.3 is 4.90 Å². The molecule has 0 bridgehead atoms. The lowest BCUT2D eigenvalue weighted by Crippen LogP contribution is -2.48. The van der Waals surface area contributed by atoms with Crippen LogP contribution in [0.1, 0.15) is 5.56 Å². The topological polar surface area (TPSA) is 84.5 Å². The van der Waals surface area contributed by atoms with Gasteiger partial charge in [0.25, 0.3) is 11.2 Å². The molecule has 27 heavy (non-hydrogen) atoms. The lowest BCUT2D eigenvalue weighted by Gasteiger charge is -2.35. The number of rotatable bonds is 4. The Kier molecular flexibility index (Phi) is 5.13. The third-order valence-electron chi connectivity index (χ3n) is 4.30. The first-order chi connectivity index (χ1) is 12.7. The SMILES string of the molecule is O=c1ccc([N+](=O)[O-])cn1CN1CCN(c2ccc(C(F)(F)F)cn2)CC1. The maximum absolute atomic E-state index is 12.6. The van der Waals surface area contributed by atoms with Gasteiger partial charge in [0.1, 0.15) is 5.82 Å². The molecule has 1 aliphatic heterocycles. The number of hydrogen-bond acceptors (Lipinski definition) is 6. The fourth-order valence-electron chi connectivity index (χ4n) is 2.81. The molecular weight excluding hydrogens is 367 g/mol. The van der Waals surface area contributed by atoms with E-state index in [2.05, 4.69) is 4.98 Å². The van der Waals surface area contributed by atoms with Gasteiger partial charge in [0.15, 0.2) is 0 Å². The Hall–Kier alpha value is -2.95. The first-order valence-electron chi connectivity index (χ1n) is 8.09. The molecule has 1 fully saturated rings. The van der Waals surface area contributed by atoms with Crippen LogP contribution >= 0.6 is 0 Å². The van der Waals surface area contributed by atoms with Crippen LogP contribution in [0.4, 0.5) is 24.7 Å². The minimum atomic E-state index is -4.42. The van der Waals surface area contributed by atoms with Gasteiger partial charge in [0, 0.05) is 44.5 Å². The Morgan fingerprint density at radius 1 is 1.11 bits per heavy atom. The molecule has 0 aliphatic carbocycles. The number of piperazine rings is 1. The number of pyridine rings is 2. The lowest BCUT2D eigenvalue weighted by atomic mass is 10.2. The van der Waals surface area contributed by atoms with Gasteiger partial charge in [-0.1, -0.05) is 0 Å². The second kappa shape index (κ2) is 7.35. The molecule has 0 aromatic carbocycles. The lowest BCUT2D eigenvalue weighted by molar-refractivity contribution is -0.385. The van der Waals surface area contributed by atoms with Gasteiger partial charge in [-0.3, -0.25) is 24.4 Å². The number of halogens is 3. The van der Waals surface area contributed by atoms with E-state index in [0.29, 0.717) is 32.0 Å². The standard InChI is InChI=1S/C16H16F3N5O3/c17-16(18,19)12-1-3-14(20-9-12)22-7-5-21(6-8-22)11-23-10-13(24(26)27)2-4-15(23)25/h1-4,9-10H,5-8,11H2.